The van der Waals surface area contributed by atoms with Crippen molar-refractivity contribution in [3.63, 3.8) is 0 Å². The average molecular weight is 316 g/mol. The van der Waals surface area contributed by atoms with Crippen molar-refractivity contribution in [2.75, 3.05) is 6.61 Å². The zero-order chi connectivity index (χ0) is 14.3. The van der Waals surface area contributed by atoms with Gasteiger partial charge >= 0.3 is 0 Å². The number of aromatic nitrogens is 3. The third kappa shape index (κ3) is 2.64. The molecule has 0 unspecified atom stereocenters. The summed E-state index contributed by atoms with van der Waals surface area (Å²) >= 11 is 11.7. The second-order valence-electron chi connectivity index (χ2n) is 4.76. The van der Waals surface area contributed by atoms with Crippen LogP contribution in [0, 0.1) is 0 Å². The van der Waals surface area contributed by atoms with Crippen LogP contribution < -0.4 is 0 Å². The molecule has 0 aliphatic carbocycles. The highest BCUT2D eigenvalue weighted by molar-refractivity contribution is 6.41. The lowest BCUT2D eigenvalue weighted by Crippen LogP contribution is -2.19. The molecule has 3 heterocycles. The molecule has 0 bridgehead atoms. The van der Waals surface area contributed by atoms with Crippen molar-refractivity contribution in [3.05, 3.63) is 28.3 Å². The van der Waals surface area contributed by atoms with E-state index in [-0.39, 0.29) is 11.3 Å². The van der Waals surface area contributed by atoms with Crippen molar-refractivity contribution in [2.24, 2.45) is 0 Å². The van der Waals surface area contributed by atoms with E-state index in [0.717, 1.165) is 0 Å². The molecule has 6 nitrogen and oxygen atoms in total. The van der Waals surface area contributed by atoms with Crippen molar-refractivity contribution in [3.8, 4) is 11.5 Å². The maximum atomic E-state index is 5.91. The highest BCUT2D eigenvalue weighted by Crippen LogP contribution is 2.33. The van der Waals surface area contributed by atoms with E-state index in [1.165, 1.54) is 6.20 Å². The number of hydrogen-bond donors (Lipinski definition) is 0. The van der Waals surface area contributed by atoms with Crippen LogP contribution in [0.5, 0.6) is 0 Å². The lowest BCUT2D eigenvalue weighted by molar-refractivity contribution is -0.141. The summed E-state index contributed by atoms with van der Waals surface area (Å²) in [4.78, 5) is 3.93. The minimum absolute atomic E-state index is 0.226. The molecule has 0 spiro atoms. The Labute approximate surface area is 125 Å². The van der Waals surface area contributed by atoms with Gasteiger partial charge in [0, 0.05) is 6.20 Å². The molecule has 20 heavy (non-hydrogen) atoms. The van der Waals surface area contributed by atoms with E-state index in [0.29, 0.717) is 29.0 Å². The summed E-state index contributed by atoms with van der Waals surface area (Å²) in [7, 11) is 0. The Bertz CT molecular complexity index is 645. The summed E-state index contributed by atoms with van der Waals surface area (Å²) in [5.74, 6) is 0.0146. The molecule has 1 aliphatic heterocycles. The zero-order valence-corrected chi connectivity index (χ0v) is 12.3. The lowest BCUT2D eigenvalue weighted by atomic mass is 10.3. The second kappa shape index (κ2) is 4.96. The van der Waals surface area contributed by atoms with Gasteiger partial charge in [-0.1, -0.05) is 23.2 Å². The standard InChI is InChI=1S/C12H11Cl2N3O3/c1-12(2)18-5-8(20-12)11-17-16-10(19-11)6-3-7(13)9(14)15-4-6/h3-4,8H,5H2,1-2H3/t8-/m1/s1. The van der Waals surface area contributed by atoms with Gasteiger partial charge in [-0.2, -0.15) is 0 Å². The fourth-order valence-corrected chi connectivity index (χ4v) is 2.10. The van der Waals surface area contributed by atoms with Crippen molar-refractivity contribution in [2.45, 2.75) is 25.7 Å². The second-order valence-corrected chi connectivity index (χ2v) is 5.52. The molecule has 0 amide bonds. The first-order valence-electron chi connectivity index (χ1n) is 5.91. The van der Waals surface area contributed by atoms with E-state index in [9.17, 15) is 0 Å². The summed E-state index contributed by atoms with van der Waals surface area (Å²) in [5, 5.41) is 8.47. The predicted molar refractivity (Wildman–Crippen MR) is 71.4 cm³/mol. The Kier molecular flexibility index (Phi) is 3.41. The molecule has 0 radical (unpaired) electrons. The van der Waals surface area contributed by atoms with Gasteiger partial charge in [-0.05, 0) is 19.9 Å². The zero-order valence-electron chi connectivity index (χ0n) is 10.8. The van der Waals surface area contributed by atoms with Gasteiger partial charge in [-0.3, -0.25) is 0 Å². The Morgan fingerprint density at radius 2 is 2.10 bits per heavy atom. The molecule has 1 aliphatic rings. The van der Waals surface area contributed by atoms with Crippen LogP contribution in [-0.4, -0.2) is 27.6 Å². The molecule has 1 fully saturated rings. The van der Waals surface area contributed by atoms with Gasteiger partial charge in [-0.25, -0.2) is 4.98 Å². The van der Waals surface area contributed by atoms with Crippen LogP contribution in [0.4, 0.5) is 0 Å². The van der Waals surface area contributed by atoms with Crippen molar-refractivity contribution in [1.82, 2.24) is 15.2 Å². The van der Waals surface area contributed by atoms with E-state index < -0.39 is 5.79 Å². The van der Waals surface area contributed by atoms with E-state index >= 15 is 0 Å². The van der Waals surface area contributed by atoms with Gasteiger partial charge in [0.25, 0.3) is 0 Å². The molecular weight excluding hydrogens is 305 g/mol. The molecule has 106 valence electrons. The molecule has 2 aromatic rings. The maximum absolute atomic E-state index is 5.91. The molecule has 8 heteroatoms. The lowest BCUT2D eigenvalue weighted by Gasteiger charge is -2.15. The smallest absolute Gasteiger partial charge is 0.249 e. The summed E-state index contributed by atoms with van der Waals surface area (Å²) < 4.78 is 16.7. The van der Waals surface area contributed by atoms with Crippen LogP contribution >= 0.6 is 23.2 Å². The molecule has 0 saturated carbocycles. The van der Waals surface area contributed by atoms with E-state index in [2.05, 4.69) is 15.2 Å². The summed E-state index contributed by atoms with van der Waals surface area (Å²) in [6.07, 6.45) is 1.14. The molecule has 1 atom stereocenters. The van der Waals surface area contributed by atoms with Crippen LogP contribution in [0.15, 0.2) is 16.7 Å². The summed E-state index contributed by atoms with van der Waals surface area (Å²) in [6.45, 7) is 4.02. The van der Waals surface area contributed by atoms with Crippen LogP contribution in [0.1, 0.15) is 25.8 Å². The van der Waals surface area contributed by atoms with Crippen molar-refractivity contribution in [1.29, 1.82) is 0 Å². The number of rotatable bonds is 2. The first kappa shape index (κ1) is 13.8. The Morgan fingerprint density at radius 1 is 1.30 bits per heavy atom. The van der Waals surface area contributed by atoms with Gasteiger partial charge in [-0.15, -0.1) is 10.2 Å². The van der Waals surface area contributed by atoms with Crippen LogP contribution in [0.2, 0.25) is 10.2 Å². The monoisotopic (exact) mass is 315 g/mol. The molecule has 1 saturated heterocycles. The topological polar surface area (TPSA) is 70.3 Å². The maximum Gasteiger partial charge on any atom is 0.249 e. The number of ether oxygens (including phenoxy) is 2. The van der Waals surface area contributed by atoms with Gasteiger partial charge in [0.1, 0.15) is 5.15 Å². The molecular formula is C12H11Cl2N3O3. The molecule has 2 aromatic heterocycles. The van der Waals surface area contributed by atoms with Crippen LogP contribution in [-0.2, 0) is 9.47 Å². The Hall–Kier alpha value is -1.21. The summed E-state index contributed by atoms with van der Waals surface area (Å²) in [6, 6.07) is 1.62. The third-order valence-electron chi connectivity index (χ3n) is 2.77. The molecule has 0 aromatic carbocycles. The van der Waals surface area contributed by atoms with Crippen LogP contribution in [0.3, 0.4) is 0 Å². The van der Waals surface area contributed by atoms with E-state index in [1.807, 2.05) is 13.8 Å². The van der Waals surface area contributed by atoms with Crippen molar-refractivity contribution >= 4 is 23.2 Å². The quantitative estimate of drug-likeness (QED) is 0.792. The highest BCUT2D eigenvalue weighted by atomic mass is 35.5. The van der Waals surface area contributed by atoms with Gasteiger partial charge in [0.2, 0.25) is 11.8 Å². The number of pyridine rings is 1. The molecule has 3 rings (SSSR count). The van der Waals surface area contributed by atoms with Crippen molar-refractivity contribution < 1.29 is 13.9 Å². The van der Waals surface area contributed by atoms with E-state index in [1.54, 1.807) is 6.07 Å². The Morgan fingerprint density at radius 3 is 2.75 bits per heavy atom. The van der Waals surface area contributed by atoms with Crippen LogP contribution in [0.25, 0.3) is 11.5 Å². The SMILES string of the molecule is CC1(C)OC[C@H](c2nnc(-c3cnc(Cl)c(Cl)c3)o2)O1. The fourth-order valence-electron chi connectivity index (χ4n) is 1.83. The van der Waals surface area contributed by atoms with Gasteiger partial charge in [0.05, 0.1) is 17.2 Å². The third-order valence-corrected chi connectivity index (χ3v) is 3.45. The normalized spacial score (nSPS) is 21.3. The number of nitrogens with zero attached hydrogens (tertiary/aromatic N) is 3. The van der Waals surface area contributed by atoms with E-state index in [4.69, 9.17) is 37.1 Å². The molecule has 0 N–H and O–H groups in total. The first-order valence-corrected chi connectivity index (χ1v) is 6.67. The number of hydrogen-bond acceptors (Lipinski definition) is 6. The summed E-state index contributed by atoms with van der Waals surface area (Å²) in [5.41, 5.74) is 0.594. The van der Waals surface area contributed by atoms with Gasteiger partial charge < -0.3 is 13.9 Å². The first-order chi connectivity index (χ1) is 9.44. The minimum atomic E-state index is -0.648. The highest BCUT2D eigenvalue weighted by Gasteiger charge is 2.36. The van der Waals surface area contributed by atoms with Gasteiger partial charge in [0.15, 0.2) is 11.9 Å². The fraction of sp³-hybridized carbons (Fsp3) is 0.417. The Balaban J connectivity index is 1.85. The minimum Gasteiger partial charge on any atom is -0.418 e. The number of halogens is 2. The predicted octanol–water partition coefficient (Wildman–Crippen LogP) is 3.26. The largest absolute Gasteiger partial charge is 0.418 e. The average Bonchev–Trinajstić information content (AvgIpc) is 2.99.